The molecule has 5 nitrogen and oxygen atoms in total. The van der Waals surface area contributed by atoms with Crippen molar-refractivity contribution < 1.29 is 14.3 Å². The first-order valence-corrected chi connectivity index (χ1v) is 6.42. The minimum absolute atomic E-state index is 0.0488. The van der Waals surface area contributed by atoms with Gasteiger partial charge >= 0.3 is 5.97 Å². The number of aromatic carboxylic acids is 1. The molecule has 0 spiro atoms. The van der Waals surface area contributed by atoms with Crippen molar-refractivity contribution in [2.75, 3.05) is 5.32 Å². The topological polar surface area (TPSA) is 75.4 Å². The molecule has 2 rings (SSSR count). The molecule has 0 saturated heterocycles. The summed E-state index contributed by atoms with van der Waals surface area (Å²) >= 11 is 0. The maximum absolute atomic E-state index is 11.2. The number of aryl methyl sites for hydroxylation is 3. The normalized spacial score (nSPS) is 12.2. The lowest BCUT2D eigenvalue weighted by Gasteiger charge is -2.16. The van der Waals surface area contributed by atoms with Crippen LogP contribution in [0.25, 0.3) is 0 Å². The van der Waals surface area contributed by atoms with Gasteiger partial charge in [-0.3, -0.25) is 4.98 Å². The molecule has 0 fully saturated rings. The number of nitrogens with one attached hydrogen (secondary N) is 1. The number of aromatic nitrogens is 1. The summed E-state index contributed by atoms with van der Waals surface area (Å²) in [4.78, 5) is 15.2. The molecule has 20 heavy (non-hydrogen) atoms. The molecule has 0 aliphatic carbocycles. The Morgan fingerprint density at radius 1 is 1.35 bits per heavy atom. The highest BCUT2D eigenvalue weighted by Crippen LogP contribution is 2.26. The van der Waals surface area contributed by atoms with Crippen molar-refractivity contribution in [2.24, 2.45) is 0 Å². The van der Waals surface area contributed by atoms with Gasteiger partial charge in [-0.05, 0) is 39.8 Å². The van der Waals surface area contributed by atoms with Crippen LogP contribution in [0, 0.1) is 20.8 Å². The first-order chi connectivity index (χ1) is 9.38. The van der Waals surface area contributed by atoms with E-state index in [1.807, 2.05) is 33.8 Å². The molecule has 0 aromatic carbocycles. The van der Waals surface area contributed by atoms with Crippen molar-refractivity contribution in [3.8, 4) is 0 Å². The Balaban J connectivity index is 2.32. The van der Waals surface area contributed by atoms with Crippen LogP contribution in [-0.4, -0.2) is 16.1 Å². The van der Waals surface area contributed by atoms with Crippen LogP contribution in [-0.2, 0) is 0 Å². The van der Waals surface area contributed by atoms with Crippen LogP contribution >= 0.6 is 0 Å². The molecular formula is C15H18N2O3. The van der Waals surface area contributed by atoms with E-state index in [0.29, 0.717) is 5.69 Å². The summed E-state index contributed by atoms with van der Waals surface area (Å²) in [6.45, 7) is 7.59. The highest BCUT2D eigenvalue weighted by atomic mass is 16.4. The van der Waals surface area contributed by atoms with Gasteiger partial charge in [0, 0.05) is 17.5 Å². The van der Waals surface area contributed by atoms with Crippen LogP contribution in [0.2, 0.25) is 0 Å². The molecule has 1 unspecified atom stereocenters. The van der Waals surface area contributed by atoms with Gasteiger partial charge in [0.2, 0.25) is 0 Å². The lowest BCUT2D eigenvalue weighted by Crippen LogP contribution is -2.11. The molecule has 0 aliphatic rings. The number of hydrogen-bond acceptors (Lipinski definition) is 4. The number of nitrogens with zero attached hydrogens (tertiary/aromatic N) is 1. The largest absolute Gasteiger partial charge is 0.478 e. The molecule has 2 aromatic rings. The summed E-state index contributed by atoms with van der Waals surface area (Å²) in [6.07, 6.45) is 1.38. The predicted molar refractivity (Wildman–Crippen MR) is 76.2 cm³/mol. The van der Waals surface area contributed by atoms with Crippen LogP contribution in [0.1, 0.15) is 46.1 Å². The smallest absolute Gasteiger partial charge is 0.339 e. The third kappa shape index (κ3) is 2.82. The average Bonchev–Trinajstić information content (AvgIpc) is 2.68. The van der Waals surface area contributed by atoms with Gasteiger partial charge < -0.3 is 14.8 Å². The van der Waals surface area contributed by atoms with E-state index >= 15 is 0 Å². The van der Waals surface area contributed by atoms with E-state index in [0.717, 1.165) is 22.8 Å². The van der Waals surface area contributed by atoms with Crippen molar-refractivity contribution in [3.05, 3.63) is 46.7 Å². The Kier molecular flexibility index (Phi) is 3.79. The lowest BCUT2D eigenvalue weighted by molar-refractivity contribution is 0.0697. The molecule has 0 saturated carbocycles. The predicted octanol–water partition coefficient (Wildman–Crippen LogP) is 3.47. The number of hydrogen-bond donors (Lipinski definition) is 2. The Labute approximate surface area is 117 Å². The highest BCUT2D eigenvalue weighted by molar-refractivity contribution is 5.93. The maximum atomic E-state index is 11.2. The molecule has 0 bridgehead atoms. The second kappa shape index (κ2) is 5.36. The summed E-state index contributed by atoms with van der Waals surface area (Å²) in [5.41, 5.74) is 2.52. The van der Waals surface area contributed by atoms with Crippen LogP contribution in [0.15, 0.2) is 22.7 Å². The molecule has 106 valence electrons. The summed E-state index contributed by atoms with van der Waals surface area (Å²) in [5, 5.41) is 12.4. The quantitative estimate of drug-likeness (QED) is 0.892. The molecule has 2 aromatic heterocycles. The zero-order valence-corrected chi connectivity index (χ0v) is 12.0. The minimum atomic E-state index is -0.993. The summed E-state index contributed by atoms with van der Waals surface area (Å²) < 4.78 is 5.51. The van der Waals surface area contributed by atoms with E-state index < -0.39 is 5.97 Å². The number of pyridine rings is 1. The third-order valence-electron chi connectivity index (χ3n) is 3.19. The zero-order chi connectivity index (χ0) is 14.9. The highest BCUT2D eigenvalue weighted by Gasteiger charge is 2.16. The van der Waals surface area contributed by atoms with Gasteiger partial charge in [0.1, 0.15) is 17.1 Å². The van der Waals surface area contributed by atoms with Crippen molar-refractivity contribution in [1.29, 1.82) is 0 Å². The molecule has 0 aliphatic heterocycles. The number of rotatable bonds is 4. The number of carboxylic acid groups (broad SMARTS) is 1. The van der Waals surface area contributed by atoms with Crippen molar-refractivity contribution in [1.82, 2.24) is 4.98 Å². The number of carboxylic acids is 1. The van der Waals surface area contributed by atoms with E-state index in [4.69, 9.17) is 4.42 Å². The Morgan fingerprint density at radius 3 is 2.60 bits per heavy atom. The molecule has 5 heteroatoms. The first kappa shape index (κ1) is 14.1. The van der Waals surface area contributed by atoms with Crippen molar-refractivity contribution in [2.45, 2.75) is 33.7 Å². The SMILES string of the molecule is Cc1cc(NC(C)c2cc(C)oc2C)c(C(=O)O)cn1. The van der Waals surface area contributed by atoms with Crippen LogP contribution in [0.5, 0.6) is 0 Å². The van der Waals surface area contributed by atoms with E-state index in [-0.39, 0.29) is 11.6 Å². The van der Waals surface area contributed by atoms with E-state index in [1.165, 1.54) is 6.20 Å². The number of furan rings is 1. The van der Waals surface area contributed by atoms with Gasteiger partial charge in [-0.25, -0.2) is 4.79 Å². The Hall–Kier alpha value is -2.30. The molecule has 0 radical (unpaired) electrons. The minimum Gasteiger partial charge on any atom is -0.478 e. The molecule has 2 N–H and O–H groups in total. The fourth-order valence-corrected chi connectivity index (χ4v) is 2.24. The molecular weight excluding hydrogens is 256 g/mol. The second-order valence-corrected chi connectivity index (χ2v) is 4.91. The van der Waals surface area contributed by atoms with Crippen molar-refractivity contribution >= 4 is 11.7 Å². The summed E-state index contributed by atoms with van der Waals surface area (Å²) in [6, 6.07) is 3.65. The van der Waals surface area contributed by atoms with Crippen molar-refractivity contribution in [3.63, 3.8) is 0 Å². The number of carbonyl (C=O) groups is 1. The summed E-state index contributed by atoms with van der Waals surface area (Å²) in [7, 11) is 0. The van der Waals surface area contributed by atoms with Gasteiger partial charge in [0.05, 0.1) is 11.7 Å². The fraction of sp³-hybridized carbons (Fsp3) is 0.333. The van der Waals surface area contributed by atoms with Gasteiger partial charge in [-0.2, -0.15) is 0 Å². The van der Waals surface area contributed by atoms with Gasteiger partial charge in [-0.1, -0.05) is 0 Å². The number of anilines is 1. The van der Waals surface area contributed by atoms with Gasteiger partial charge in [0.15, 0.2) is 0 Å². The van der Waals surface area contributed by atoms with Crippen LogP contribution in [0.4, 0.5) is 5.69 Å². The Morgan fingerprint density at radius 2 is 2.05 bits per heavy atom. The van der Waals surface area contributed by atoms with Crippen LogP contribution < -0.4 is 5.32 Å². The van der Waals surface area contributed by atoms with E-state index in [1.54, 1.807) is 6.07 Å². The second-order valence-electron chi connectivity index (χ2n) is 4.91. The third-order valence-corrected chi connectivity index (χ3v) is 3.19. The Bertz CT molecular complexity index is 647. The van der Waals surface area contributed by atoms with E-state index in [2.05, 4.69) is 10.3 Å². The van der Waals surface area contributed by atoms with Gasteiger partial charge in [0.25, 0.3) is 0 Å². The monoisotopic (exact) mass is 274 g/mol. The molecule has 2 heterocycles. The fourth-order valence-electron chi connectivity index (χ4n) is 2.24. The van der Waals surface area contributed by atoms with Gasteiger partial charge in [-0.15, -0.1) is 0 Å². The summed E-state index contributed by atoms with van der Waals surface area (Å²) in [5.74, 6) is 0.688. The van der Waals surface area contributed by atoms with E-state index in [9.17, 15) is 9.90 Å². The first-order valence-electron chi connectivity index (χ1n) is 6.42. The maximum Gasteiger partial charge on any atom is 0.339 e. The zero-order valence-electron chi connectivity index (χ0n) is 12.0. The van der Waals surface area contributed by atoms with Crippen LogP contribution in [0.3, 0.4) is 0 Å². The average molecular weight is 274 g/mol. The molecule has 1 atom stereocenters. The standard InChI is InChI=1S/C15H18N2O3/c1-8-5-14(13(7-16-8)15(18)19)17-10(3)12-6-9(2)20-11(12)4/h5-7,10H,1-4H3,(H,16,17)(H,18,19). The molecule has 0 amide bonds. The lowest BCUT2D eigenvalue weighted by atomic mass is 10.1.